The molecule has 0 spiro atoms. The summed E-state index contributed by atoms with van der Waals surface area (Å²) in [7, 11) is 0. The molecule has 1 aliphatic heterocycles. The molecular weight excluding hydrogens is 448 g/mol. The average molecular weight is 477 g/mol. The molecule has 0 radical (unpaired) electrons. The van der Waals surface area contributed by atoms with Gasteiger partial charge in [0.05, 0.1) is 23.4 Å². The first-order valence-electron chi connectivity index (χ1n) is 11.2. The zero-order valence-corrected chi connectivity index (χ0v) is 20.2. The van der Waals surface area contributed by atoms with Crippen molar-refractivity contribution in [2.45, 2.75) is 13.8 Å². The Bertz CT molecular complexity index is 1160. The summed E-state index contributed by atoms with van der Waals surface area (Å²) < 4.78 is 0. The second-order valence-corrected chi connectivity index (χ2v) is 9.18. The van der Waals surface area contributed by atoms with Crippen molar-refractivity contribution < 1.29 is 14.4 Å². The van der Waals surface area contributed by atoms with E-state index in [0.717, 1.165) is 16.8 Å². The maximum atomic E-state index is 13.2. The number of para-hydroxylation sites is 2. The summed E-state index contributed by atoms with van der Waals surface area (Å²) in [5, 5.41) is 9.49. The van der Waals surface area contributed by atoms with Crippen molar-refractivity contribution in [3.05, 3.63) is 81.5 Å². The number of anilines is 2. The number of thiophene rings is 1. The van der Waals surface area contributed by atoms with Gasteiger partial charge in [0.15, 0.2) is 0 Å². The van der Waals surface area contributed by atoms with Crippen molar-refractivity contribution in [2.24, 2.45) is 0 Å². The van der Waals surface area contributed by atoms with Gasteiger partial charge in [-0.05, 0) is 48.6 Å². The lowest BCUT2D eigenvalue weighted by atomic mass is 10.1. The highest BCUT2D eigenvalue weighted by molar-refractivity contribution is 7.08. The standard InChI is InChI=1S/C26H28N4O3S/c1-18-6-5-7-19(2)24(18)28-23(31)16-29-11-13-30(14-12-29)26(33)21-8-3-4-9-22(21)27-25(32)20-10-15-34-17-20/h3-10,15,17H,11-14,16H2,1-2H3,(H,27,32)(H,28,31). The van der Waals surface area contributed by atoms with E-state index in [2.05, 4.69) is 15.5 Å². The van der Waals surface area contributed by atoms with Crippen molar-refractivity contribution in [1.29, 1.82) is 0 Å². The number of hydrogen-bond acceptors (Lipinski definition) is 5. The van der Waals surface area contributed by atoms with Crippen LogP contribution in [-0.2, 0) is 4.79 Å². The molecule has 1 saturated heterocycles. The number of benzene rings is 2. The van der Waals surface area contributed by atoms with Crippen molar-refractivity contribution in [1.82, 2.24) is 9.80 Å². The Labute approximate surface area is 203 Å². The fourth-order valence-corrected chi connectivity index (χ4v) is 4.68. The van der Waals surface area contributed by atoms with Gasteiger partial charge in [-0.3, -0.25) is 19.3 Å². The van der Waals surface area contributed by atoms with Crippen LogP contribution in [0.5, 0.6) is 0 Å². The van der Waals surface area contributed by atoms with Gasteiger partial charge in [0.25, 0.3) is 11.8 Å². The molecule has 0 aliphatic carbocycles. The average Bonchev–Trinajstić information content (AvgIpc) is 3.37. The van der Waals surface area contributed by atoms with E-state index < -0.39 is 0 Å². The van der Waals surface area contributed by atoms with Gasteiger partial charge in [0, 0.05) is 37.2 Å². The molecule has 2 heterocycles. The van der Waals surface area contributed by atoms with Gasteiger partial charge in [-0.15, -0.1) is 0 Å². The fourth-order valence-electron chi connectivity index (χ4n) is 4.04. The molecule has 176 valence electrons. The lowest BCUT2D eigenvalue weighted by Crippen LogP contribution is -2.50. The highest BCUT2D eigenvalue weighted by atomic mass is 32.1. The first-order chi connectivity index (χ1) is 16.4. The lowest BCUT2D eigenvalue weighted by Gasteiger charge is -2.34. The molecule has 0 atom stereocenters. The Morgan fingerprint density at radius 3 is 2.26 bits per heavy atom. The summed E-state index contributed by atoms with van der Waals surface area (Å²) in [5.74, 6) is -0.416. The molecule has 7 nitrogen and oxygen atoms in total. The predicted octanol–water partition coefficient (Wildman–Crippen LogP) is 4.01. The van der Waals surface area contributed by atoms with Crippen molar-refractivity contribution in [2.75, 3.05) is 43.4 Å². The van der Waals surface area contributed by atoms with E-state index in [1.54, 1.807) is 40.6 Å². The fraction of sp³-hybridized carbons (Fsp3) is 0.269. The number of piperazine rings is 1. The minimum atomic E-state index is -0.235. The third kappa shape index (κ3) is 5.52. The molecule has 8 heteroatoms. The number of carbonyl (C=O) groups is 3. The van der Waals surface area contributed by atoms with Crippen molar-refractivity contribution in [3.63, 3.8) is 0 Å². The predicted molar refractivity (Wildman–Crippen MR) is 136 cm³/mol. The molecule has 3 amide bonds. The highest BCUT2D eigenvalue weighted by Crippen LogP contribution is 2.21. The third-order valence-electron chi connectivity index (χ3n) is 5.96. The summed E-state index contributed by atoms with van der Waals surface area (Å²) in [6.07, 6.45) is 0. The van der Waals surface area contributed by atoms with Gasteiger partial charge in [0.1, 0.15) is 0 Å². The summed E-state index contributed by atoms with van der Waals surface area (Å²) >= 11 is 1.45. The maximum absolute atomic E-state index is 13.2. The number of aryl methyl sites for hydroxylation is 2. The van der Waals surface area contributed by atoms with Gasteiger partial charge < -0.3 is 15.5 Å². The van der Waals surface area contributed by atoms with Crippen LogP contribution in [0.15, 0.2) is 59.3 Å². The Morgan fingerprint density at radius 2 is 1.59 bits per heavy atom. The molecule has 34 heavy (non-hydrogen) atoms. The summed E-state index contributed by atoms with van der Waals surface area (Å²) in [6, 6.07) is 14.7. The van der Waals surface area contributed by atoms with E-state index in [1.807, 2.05) is 37.4 Å². The number of carbonyl (C=O) groups excluding carboxylic acids is 3. The lowest BCUT2D eigenvalue weighted by molar-refractivity contribution is -0.117. The monoisotopic (exact) mass is 476 g/mol. The smallest absolute Gasteiger partial charge is 0.256 e. The summed E-state index contributed by atoms with van der Waals surface area (Å²) in [4.78, 5) is 42.1. The number of amides is 3. The van der Waals surface area contributed by atoms with Crippen LogP contribution in [0.1, 0.15) is 31.8 Å². The Morgan fingerprint density at radius 1 is 0.882 bits per heavy atom. The molecule has 0 bridgehead atoms. The van der Waals surface area contributed by atoms with Gasteiger partial charge in [-0.2, -0.15) is 11.3 Å². The van der Waals surface area contributed by atoms with Crippen LogP contribution >= 0.6 is 11.3 Å². The van der Waals surface area contributed by atoms with E-state index in [0.29, 0.717) is 43.0 Å². The van der Waals surface area contributed by atoms with Crippen LogP contribution < -0.4 is 10.6 Å². The van der Waals surface area contributed by atoms with E-state index in [1.165, 1.54) is 11.3 Å². The minimum Gasteiger partial charge on any atom is -0.336 e. The van der Waals surface area contributed by atoms with Crippen LogP contribution in [-0.4, -0.2) is 60.2 Å². The van der Waals surface area contributed by atoms with Gasteiger partial charge in [-0.25, -0.2) is 0 Å². The SMILES string of the molecule is Cc1cccc(C)c1NC(=O)CN1CCN(C(=O)c2ccccc2NC(=O)c2ccsc2)CC1. The maximum Gasteiger partial charge on any atom is 0.256 e. The number of nitrogens with one attached hydrogen (secondary N) is 2. The number of rotatable bonds is 6. The Hall–Kier alpha value is -3.49. The normalized spacial score (nSPS) is 14.0. The molecule has 3 aromatic rings. The highest BCUT2D eigenvalue weighted by Gasteiger charge is 2.25. The molecule has 2 N–H and O–H groups in total. The van der Waals surface area contributed by atoms with E-state index in [9.17, 15) is 14.4 Å². The minimum absolute atomic E-state index is 0.0568. The van der Waals surface area contributed by atoms with E-state index in [-0.39, 0.29) is 24.3 Å². The molecule has 2 aromatic carbocycles. The largest absolute Gasteiger partial charge is 0.336 e. The molecular formula is C26H28N4O3S. The molecule has 1 aromatic heterocycles. The second-order valence-electron chi connectivity index (χ2n) is 8.40. The molecule has 0 saturated carbocycles. The first-order valence-corrected chi connectivity index (χ1v) is 12.2. The van der Waals surface area contributed by atoms with Gasteiger partial charge in [-0.1, -0.05) is 30.3 Å². The molecule has 0 unspecified atom stereocenters. The number of nitrogens with zero attached hydrogens (tertiary/aromatic N) is 2. The quantitative estimate of drug-likeness (QED) is 0.563. The van der Waals surface area contributed by atoms with Crippen LogP contribution in [0.4, 0.5) is 11.4 Å². The van der Waals surface area contributed by atoms with Crippen molar-refractivity contribution in [3.8, 4) is 0 Å². The van der Waals surface area contributed by atoms with E-state index in [4.69, 9.17) is 0 Å². The summed E-state index contributed by atoms with van der Waals surface area (Å²) in [5.41, 5.74) is 4.47. The van der Waals surface area contributed by atoms with Crippen LogP contribution in [0.25, 0.3) is 0 Å². The Kier molecular flexibility index (Phi) is 7.40. The van der Waals surface area contributed by atoms with Gasteiger partial charge in [0.2, 0.25) is 5.91 Å². The van der Waals surface area contributed by atoms with Crippen molar-refractivity contribution >= 4 is 40.4 Å². The molecule has 1 fully saturated rings. The zero-order valence-electron chi connectivity index (χ0n) is 19.3. The second kappa shape index (κ2) is 10.6. The van der Waals surface area contributed by atoms with Crippen LogP contribution in [0.3, 0.4) is 0 Å². The molecule has 1 aliphatic rings. The van der Waals surface area contributed by atoms with Crippen LogP contribution in [0, 0.1) is 13.8 Å². The topological polar surface area (TPSA) is 81.8 Å². The first kappa shape index (κ1) is 23.7. The zero-order chi connectivity index (χ0) is 24.1. The van der Waals surface area contributed by atoms with Gasteiger partial charge >= 0.3 is 0 Å². The Balaban J connectivity index is 1.33. The number of hydrogen-bond donors (Lipinski definition) is 2. The van der Waals surface area contributed by atoms with E-state index >= 15 is 0 Å². The van der Waals surface area contributed by atoms with Crippen LogP contribution in [0.2, 0.25) is 0 Å². The third-order valence-corrected chi connectivity index (χ3v) is 6.64. The molecule has 4 rings (SSSR count). The summed E-state index contributed by atoms with van der Waals surface area (Å²) in [6.45, 7) is 6.49.